The smallest absolute Gasteiger partial charge is 0.416 e. The maximum Gasteiger partial charge on any atom is 0.416 e. The monoisotopic (exact) mass is 311 g/mol. The largest absolute Gasteiger partial charge is 0.504 e. The van der Waals surface area contributed by atoms with E-state index in [0.717, 1.165) is 37.8 Å². The van der Waals surface area contributed by atoms with Gasteiger partial charge in [-0.15, -0.1) is 0 Å². The molecule has 1 aromatic rings. The summed E-state index contributed by atoms with van der Waals surface area (Å²) in [7, 11) is 1.67. The van der Waals surface area contributed by atoms with Gasteiger partial charge in [-0.1, -0.05) is 12.1 Å². The number of halogens is 3. The van der Waals surface area contributed by atoms with E-state index in [4.69, 9.17) is 4.74 Å². The van der Waals surface area contributed by atoms with Gasteiger partial charge in [-0.3, -0.25) is 4.90 Å². The minimum Gasteiger partial charge on any atom is -0.504 e. The molecule has 22 heavy (non-hydrogen) atoms. The SMILES string of the molecule is COC=C1CC2CCC(C1)N2Cc1ccc(C(F)(F)F)cc1. The summed E-state index contributed by atoms with van der Waals surface area (Å²) in [6.45, 7) is 0.730. The summed E-state index contributed by atoms with van der Waals surface area (Å²) >= 11 is 0. The zero-order valence-corrected chi connectivity index (χ0v) is 12.6. The standard InChI is InChI=1S/C17H20F3NO/c1-22-11-13-8-15-6-7-16(9-13)21(15)10-12-2-4-14(5-3-12)17(18,19)20/h2-5,11,15-16H,6-10H2,1H3. The summed E-state index contributed by atoms with van der Waals surface area (Å²) < 4.78 is 42.9. The minimum absolute atomic E-state index is 0.488. The number of benzene rings is 1. The number of alkyl halides is 3. The fourth-order valence-electron chi connectivity index (χ4n) is 3.67. The molecule has 0 aliphatic carbocycles. The molecule has 0 aromatic heterocycles. The Morgan fingerprint density at radius 1 is 1.14 bits per heavy atom. The number of fused-ring (bicyclic) bond motifs is 2. The molecule has 5 heteroatoms. The number of ether oxygens (including phenoxy) is 1. The Hall–Kier alpha value is -1.49. The minimum atomic E-state index is -4.26. The van der Waals surface area contributed by atoms with Gasteiger partial charge < -0.3 is 4.74 Å². The van der Waals surface area contributed by atoms with Gasteiger partial charge in [0.1, 0.15) is 0 Å². The lowest BCUT2D eigenvalue weighted by Gasteiger charge is -2.36. The topological polar surface area (TPSA) is 12.5 Å². The van der Waals surface area contributed by atoms with Gasteiger partial charge in [0.2, 0.25) is 0 Å². The van der Waals surface area contributed by atoms with Crippen LogP contribution in [0, 0.1) is 0 Å². The van der Waals surface area contributed by atoms with E-state index >= 15 is 0 Å². The summed E-state index contributed by atoms with van der Waals surface area (Å²) in [5.74, 6) is 0. The van der Waals surface area contributed by atoms with Crippen LogP contribution < -0.4 is 0 Å². The Balaban J connectivity index is 1.68. The average molecular weight is 311 g/mol. The molecule has 0 amide bonds. The Labute approximate surface area is 128 Å². The highest BCUT2D eigenvalue weighted by Crippen LogP contribution is 2.39. The van der Waals surface area contributed by atoms with Crippen molar-refractivity contribution in [2.45, 2.75) is 50.5 Å². The Morgan fingerprint density at radius 2 is 1.73 bits per heavy atom. The van der Waals surface area contributed by atoms with Crippen LogP contribution in [-0.2, 0) is 17.5 Å². The summed E-state index contributed by atoms with van der Waals surface area (Å²) in [5.41, 5.74) is 1.71. The number of rotatable bonds is 3. The number of piperidine rings is 1. The van der Waals surface area contributed by atoms with Crippen molar-refractivity contribution in [3.63, 3.8) is 0 Å². The molecule has 120 valence electrons. The summed E-state index contributed by atoms with van der Waals surface area (Å²) in [6, 6.07) is 6.53. The van der Waals surface area contributed by atoms with Crippen LogP contribution in [0.5, 0.6) is 0 Å². The van der Waals surface area contributed by atoms with Crippen LogP contribution in [0.25, 0.3) is 0 Å². The Kier molecular flexibility index (Phi) is 4.17. The predicted molar refractivity (Wildman–Crippen MR) is 78.1 cm³/mol. The van der Waals surface area contributed by atoms with Crippen LogP contribution in [0.15, 0.2) is 36.1 Å². The van der Waals surface area contributed by atoms with Crippen molar-refractivity contribution in [1.29, 1.82) is 0 Å². The second-order valence-electron chi connectivity index (χ2n) is 6.17. The van der Waals surface area contributed by atoms with E-state index in [0.29, 0.717) is 12.1 Å². The maximum atomic E-state index is 12.6. The van der Waals surface area contributed by atoms with Crippen molar-refractivity contribution in [2.24, 2.45) is 0 Å². The van der Waals surface area contributed by atoms with E-state index in [1.54, 1.807) is 19.2 Å². The first kappa shape index (κ1) is 15.4. The fraction of sp³-hybridized carbons (Fsp3) is 0.529. The summed E-state index contributed by atoms with van der Waals surface area (Å²) in [4.78, 5) is 2.44. The molecule has 2 heterocycles. The molecule has 1 aromatic carbocycles. The third kappa shape index (κ3) is 3.14. The van der Waals surface area contributed by atoms with Gasteiger partial charge in [-0.25, -0.2) is 0 Å². The third-order valence-corrected chi connectivity index (χ3v) is 4.70. The lowest BCUT2D eigenvalue weighted by Crippen LogP contribution is -2.39. The molecule has 2 unspecified atom stereocenters. The summed E-state index contributed by atoms with van der Waals surface area (Å²) in [5, 5.41) is 0. The van der Waals surface area contributed by atoms with Crippen molar-refractivity contribution in [1.82, 2.24) is 4.90 Å². The van der Waals surface area contributed by atoms with Gasteiger partial charge in [0.25, 0.3) is 0 Å². The fourth-order valence-corrected chi connectivity index (χ4v) is 3.67. The van der Waals surface area contributed by atoms with Gasteiger partial charge in [0.05, 0.1) is 18.9 Å². The molecule has 2 atom stereocenters. The van der Waals surface area contributed by atoms with E-state index in [2.05, 4.69) is 4.90 Å². The van der Waals surface area contributed by atoms with Crippen LogP contribution in [0.1, 0.15) is 36.8 Å². The molecule has 0 radical (unpaired) electrons. The molecule has 2 aliphatic rings. The molecule has 0 spiro atoms. The van der Waals surface area contributed by atoms with E-state index in [9.17, 15) is 13.2 Å². The van der Waals surface area contributed by atoms with Gasteiger partial charge >= 0.3 is 6.18 Å². The van der Waals surface area contributed by atoms with Crippen LogP contribution in [-0.4, -0.2) is 24.1 Å². The average Bonchev–Trinajstić information content (AvgIpc) is 2.70. The number of nitrogens with zero attached hydrogens (tertiary/aromatic N) is 1. The van der Waals surface area contributed by atoms with Gasteiger partial charge in [-0.2, -0.15) is 13.2 Å². The quantitative estimate of drug-likeness (QED) is 0.769. The molecule has 3 rings (SSSR count). The first-order chi connectivity index (χ1) is 10.5. The molecule has 2 aliphatic heterocycles. The lowest BCUT2D eigenvalue weighted by atomic mass is 9.97. The van der Waals surface area contributed by atoms with E-state index in [1.165, 1.54) is 17.7 Å². The molecule has 2 bridgehead atoms. The van der Waals surface area contributed by atoms with Crippen LogP contribution >= 0.6 is 0 Å². The highest BCUT2D eigenvalue weighted by molar-refractivity contribution is 5.25. The Bertz CT molecular complexity index is 534. The molecule has 2 nitrogen and oxygen atoms in total. The van der Waals surface area contributed by atoms with E-state index in [1.807, 2.05) is 6.26 Å². The number of methoxy groups -OCH3 is 1. The summed E-state index contributed by atoms with van der Waals surface area (Å²) in [6.07, 6.45) is 1.91. The first-order valence-corrected chi connectivity index (χ1v) is 7.60. The normalized spacial score (nSPS) is 25.4. The first-order valence-electron chi connectivity index (χ1n) is 7.60. The second-order valence-corrected chi connectivity index (χ2v) is 6.17. The second kappa shape index (κ2) is 5.95. The number of hydrogen-bond donors (Lipinski definition) is 0. The molecule has 0 saturated carbocycles. The van der Waals surface area contributed by atoms with Crippen molar-refractivity contribution < 1.29 is 17.9 Å². The van der Waals surface area contributed by atoms with Crippen LogP contribution in [0.4, 0.5) is 13.2 Å². The van der Waals surface area contributed by atoms with E-state index in [-0.39, 0.29) is 0 Å². The lowest BCUT2D eigenvalue weighted by molar-refractivity contribution is -0.137. The van der Waals surface area contributed by atoms with Crippen molar-refractivity contribution >= 4 is 0 Å². The molecule has 0 N–H and O–H groups in total. The van der Waals surface area contributed by atoms with Gasteiger partial charge in [0, 0.05) is 18.6 Å². The maximum absolute atomic E-state index is 12.6. The van der Waals surface area contributed by atoms with Crippen molar-refractivity contribution in [3.8, 4) is 0 Å². The predicted octanol–water partition coefficient (Wildman–Crippen LogP) is 4.36. The molecule has 2 saturated heterocycles. The van der Waals surface area contributed by atoms with Gasteiger partial charge in [-0.05, 0) is 49.0 Å². The number of hydrogen-bond acceptors (Lipinski definition) is 2. The van der Waals surface area contributed by atoms with Crippen molar-refractivity contribution in [2.75, 3.05) is 7.11 Å². The zero-order valence-electron chi connectivity index (χ0n) is 12.6. The molecular formula is C17H20F3NO. The highest BCUT2D eigenvalue weighted by Gasteiger charge is 2.38. The Morgan fingerprint density at radius 3 is 2.23 bits per heavy atom. The van der Waals surface area contributed by atoms with Gasteiger partial charge in [0.15, 0.2) is 0 Å². The highest BCUT2D eigenvalue weighted by atomic mass is 19.4. The van der Waals surface area contributed by atoms with Crippen molar-refractivity contribution in [3.05, 3.63) is 47.2 Å². The van der Waals surface area contributed by atoms with Crippen LogP contribution in [0.3, 0.4) is 0 Å². The molecule has 2 fully saturated rings. The zero-order chi connectivity index (χ0) is 15.7. The molecular weight excluding hydrogens is 291 g/mol. The third-order valence-electron chi connectivity index (χ3n) is 4.70. The van der Waals surface area contributed by atoms with E-state index < -0.39 is 11.7 Å². The van der Waals surface area contributed by atoms with Crippen LogP contribution in [0.2, 0.25) is 0 Å².